The first-order valence-electron chi connectivity index (χ1n) is 11.2. The number of carbonyl (C=O) groups is 2. The van der Waals surface area contributed by atoms with Gasteiger partial charge in [-0.3, -0.25) is 14.5 Å². The fourth-order valence-electron chi connectivity index (χ4n) is 5.16. The number of amides is 1. The second-order valence-electron chi connectivity index (χ2n) is 10.0. The number of hydrogen-bond acceptors (Lipinski definition) is 7. The van der Waals surface area contributed by atoms with Gasteiger partial charge in [-0.2, -0.15) is 0 Å². The van der Waals surface area contributed by atoms with Crippen molar-refractivity contribution in [3.8, 4) is 5.75 Å². The van der Waals surface area contributed by atoms with Crippen LogP contribution in [0.25, 0.3) is 0 Å². The van der Waals surface area contributed by atoms with E-state index in [-0.39, 0.29) is 30.6 Å². The quantitative estimate of drug-likeness (QED) is 0.586. The number of carbonyl (C=O) groups excluding carboxylic acids is 2. The number of aliphatic hydroxyl groups is 1. The first-order valence-corrected chi connectivity index (χ1v) is 11.2. The van der Waals surface area contributed by atoms with Gasteiger partial charge < -0.3 is 25.6 Å². The van der Waals surface area contributed by atoms with Gasteiger partial charge in [-0.15, -0.1) is 0 Å². The molecule has 176 valence electrons. The molecule has 0 radical (unpaired) electrons. The number of rotatable bonds is 5. The van der Waals surface area contributed by atoms with Crippen LogP contribution < -0.4 is 15.8 Å². The Morgan fingerprint density at radius 2 is 2.09 bits per heavy atom. The normalized spacial score (nSPS) is 22.8. The zero-order valence-electron chi connectivity index (χ0n) is 18.9. The molecule has 3 aliphatic heterocycles. The number of piperidine rings is 1. The summed E-state index contributed by atoms with van der Waals surface area (Å²) in [6.45, 7) is 7.48. The monoisotopic (exact) mass is 449 g/mol. The average Bonchev–Trinajstić information content (AvgIpc) is 3.21. The number of primary amides is 1. The molecule has 4 N–H and O–H groups in total. The Labute approximate surface area is 187 Å². The topological polar surface area (TPSA) is 114 Å². The summed E-state index contributed by atoms with van der Waals surface area (Å²) >= 11 is 0. The van der Waals surface area contributed by atoms with Gasteiger partial charge in [0.05, 0.1) is 12.6 Å². The summed E-state index contributed by atoms with van der Waals surface area (Å²) in [4.78, 5) is 25.9. The Hall–Kier alpha value is -2.23. The van der Waals surface area contributed by atoms with Gasteiger partial charge in [0.2, 0.25) is 5.91 Å². The molecule has 2 atom stereocenters. The van der Waals surface area contributed by atoms with Crippen molar-refractivity contribution < 1.29 is 28.6 Å². The van der Waals surface area contributed by atoms with Crippen LogP contribution in [-0.4, -0.2) is 53.2 Å². The van der Waals surface area contributed by atoms with Gasteiger partial charge >= 0.3 is 5.97 Å². The molecule has 1 saturated heterocycles. The Kier molecular flexibility index (Phi) is 5.94. The van der Waals surface area contributed by atoms with Gasteiger partial charge in [-0.25, -0.2) is 4.39 Å². The van der Waals surface area contributed by atoms with E-state index in [1.54, 1.807) is 20.8 Å². The van der Waals surface area contributed by atoms with Crippen LogP contribution in [0.3, 0.4) is 0 Å². The number of fused-ring (bicyclic) bond motifs is 4. The Morgan fingerprint density at radius 1 is 1.41 bits per heavy atom. The van der Waals surface area contributed by atoms with E-state index in [4.69, 9.17) is 15.2 Å². The van der Waals surface area contributed by atoms with E-state index < -0.39 is 29.7 Å². The van der Waals surface area contributed by atoms with E-state index in [2.05, 4.69) is 5.32 Å². The third kappa shape index (κ3) is 4.09. The highest BCUT2D eigenvalue weighted by Crippen LogP contribution is 2.51. The Morgan fingerprint density at radius 3 is 2.72 bits per heavy atom. The highest BCUT2D eigenvalue weighted by molar-refractivity contribution is 5.81. The number of nitrogens with two attached hydrogens (primary N) is 1. The molecule has 32 heavy (non-hydrogen) atoms. The summed E-state index contributed by atoms with van der Waals surface area (Å²) in [5.74, 6) is -1.01. The molecule has 0 aliphatic carbocycles. The van der Waals surface area contributed by atoms with Crippen LogP contribution in [0, 0.1) is 5.82 Å². The Balaban J connectivity index is 1.58. The van der Waals surface area contributed by atoms with E-state index in [0.717, 1.165) is 25.9 Å². The molecule has 1 amide bonds. The smallest absolute Gasteiger partial charge is 0.306 e. The molecule has 0 saturated carbocycles. The minimum Gasteiger partial charge on any atom is -0.492 e. The van der Waals surface area contributed by atoms with E-state index in [0.29, 0.717) is 29.0 Å². The largest absolute Gasteiger partial charge is 0.492 e. The molecule has 1 aromatic carbocycles. The highest BCUT2D eigenvalue weighted by Gasteiger charge is 2.48. The van der Waals surface area contributed by atoms with Gasteiger partial charge in [0.1, 0.15) is 23.4 Å². The second-order valence-corrected chi connectivity index (χ2v) is 10.0. The third-order valence-corrected chi connectivity index (χ3v) is 6.66. The van der Waals surface area contributed by atoms with Crippen molar-refractivity contribution >= 4 is 11.9 Å². The third-order valence-electron chi connectivity index (χ3n) is 6.66. The molecule has 0 bridgehead atoms. The van der Waals surface area contributed by atoms with Crippen LogP contribution in [0.5, 0.6) is 5.75 Å². The Bertz CT molecular complexity index is 923. The van der Waals surface area contributed by atoms with Crippen molar-refractivity contribution in [3.05, 3.63) is 28.6 Å². The van der Waals surface area contributed by atoms with Crippen LogP contribution in [0.2, 0.25) is 0 Å². The molecule has 3 heterocycles. The molecule has 9 heteroatoms. The molecular formula is C23H32FN3O5. The summed E-state index contributed by atoms with van der Waals surface area (Å²) in [5.41, 5.74) is 6.28. The van der Waals surface area contributed by atoms with Crippen LogP contribution in [0.1, 0.15) is 69.4 Å². The first kappa shape index (κ1) is 22.9. The maximum absolute atomic E-state index is 15.3. The summed E-state index contributed by atoms with van der Waals surface area (Å²) in [6, 6.07) is 0.460. The lowest BCUT2D eigenvalue weighted by Gasteiger charge is -2.32. The summed E-state index contributed by atoms with van der Waals surface area (Å²) in [7, 11) is 0. The standard InChI is InChI=1S/C23H32FN3O5/c1-22(2,3)32-17(28)5-4-16(20(25)29)27-11-14-13(21(27)30)10-15(24)18-19(14)31-12-23(18)6-8-26-9-7-23/h10,16,21,26,30H,4-9,11-12H2,1-3H3,(H2,25,29)/t16-,21?/m0/s1. The van der Waals surface area contributed by atoms with Crippen LogP contribution in [0.15, 0.2) is 6.07 Å². The molecule has 3 aliphatic rings. The highest BCUT2D eigenvalue weighted by atomic mass is 19.1. The SMILES string of the molecule is CC(C)(C)OC(=O)CC[C@@H](C(N)=O)N1Cc2c(cc(F)c3c2OCC32CCNCC2)C1O. The lowest BCUT2D eigenvalue weighted by molar-refractivity contribution is -0.155. The minimum atomic E-state index is -1.21. The fourth-order valence-corrected chi connectivity index (χ4v) is 5.16. The van der Waals surface area contributed by atoms with Gasteiger partial charge in [0.15, 0.2) is 0 Å². The van der Waals surface area contributed by atoms with Crippen molar-refractivity contribution in [1.82, 2.24) is 10.2 Å². The van der Waals surface area contributed by atoms with E-state index in [9.17, 15) is 14.7 Å². The number of hydrogen-bond donors (Lipinski definition) is 3. The van der Waals surface area contributed by atoms with Crippen molar-refractivity contribution in [2.45, 2.75) is 76.3 Å². The summed E-state index contributed by atoms with van der Waals surface area (Å²) < 4.78 is 26.6. The maximum Gasteiger partial charge on any atom is 0.306 e. The second kappa shape index (κ2) is 8.28. The van der Waals surface area contributed by atoms with Gasteiger partial charge in [0.25, 0.3) is 0 Å². The number of nitrogens with zero attached hydrogens (tertiary/aromatic N) is 1. The molecule has 8 nitrogen and oxygen atoms in total. The summed E-state index contributed by atoms with van der Waals surface area (Å²) in [6.07, 6.45) is 0.415. The van der Waals surface area contributed by atoms with Gasteiger partial charge in [0, 0.05) is 35.1 Å². The predicted octanol–water partition coefficient (Wildman–Crippen LogP) is 1.62. The predicted molar refractivity (Wildman–Crippen MR) is 114 cm³/mol. The van der Waals surface area contributed by atoms with Gasteiger partial charge in [-0.05, 0) is 59.2 Å². The zero-order chi connectivity index (χ0) is 23.3. The first-order chi connectivity index (χ1) is 15.0. The summed E-state index contributed by atoms with van der Waals surface area (Å²) in [5, 5.41) is 14.2. The van der Waals surface area contributed by atoms with E-state index in [1.807, 2.05) is 0 Å². The molecule has 4 rings (SSSR count). The van der Waals surface area contributed by atoms with Crippen LogP contribution in [0.4, 0.5) is 4.39 Å². The molecule has 1 spiro atoms. The number of esters is 1. The van der Waals surface area contributed by atoms with Crippen LogP contribution in [-0.2, 0) is 26.3 Å². The van der Waals surface area contributed by atoms with E-state index in [1.165, 1.54) is 11.0 Å². The number of ether oxygens (including phenoxy) is 2. The molecule has 0 aromatic heterocycles. The maximum atomic E-state index is 15.3. The van der Waals surface area contributed by atoms with Crippen LogP contribution >= 0.6 is 0 Å². The molecule has 1 aromatic rings. The molecular weight excluding hydrogens is 417 g/mol. The average molecular weight is 450 g/mol. The number of aliphatic hydroxyl groups excluding tert-OH is 1. The lowest BCUT2D eigenvalue weighted by atomic mass is 9.74. The van der Waals surface area contributed by atoms with Crippen molar-refractivity contribution in [2.75, 3.05) is 19.7 Å². The van der Waals surface area contributed by atoms with Crippen molar-refractivity contribution in [2.24, 2.45) is 5.73 Å². The van der Waals surface area contributed by atoms with E-state index >= 15 is 4.39 Å². The zero-order valence-corrected chi connectivity index (χ0v) is 18.9. The number of nitrogens with one attached hydrogen (secondary N) is 1. The number of halogens is 1. The fraction of sp³-hybridized carbons (Fsp3) is 0.652. The molecule has 1 fully saturated rings. The minimum absolute atomic E-state index is 0.0243. The van der Waals surface area contributed by atoms with Crippen molar-refractivity contribution in [1.29, 1.82) is 0 Å². The van der Waals surface area contributed by atoms with Gasteiger partial charge in [-0.1, -0.05) is 0 Å². The van der Waals surface area contributed by atoms with Crippen molar-refractivity contribution in [3.63, 3.8) is 0 Å². The number of benzene rings is 1. The lowest BCUT2D eigenvalue weighted by Crippen LogP contribution is -2.44. The molecule has 1 unspecified atom stereocenters.